The van der Waals surface area contributed by atoms with Crippen LogP contribution in [-0.4, -0.2) is 5.78 Å². The predicted octanol–water partition coefficient (Wildman–Crippen LogP) is 5.24. The van der Waals surface area contributed by atoms with Gasteiger partial charge in [0, 0.05) is 11.3 Å². The minimum Gasteiger partial charge on any atom is -0.298 e. The molecule has 2 aromatic rings. The number of Topliss-reactive ketones (excluding diaryl/α,β-unsaturated/α-hetero) is 1. The number of ketones is 1. The van der Waals surface area contributed by atoms with Gasteiger partial charge in [0.1, 0.15) is 5.78 Å². The number of carbonyl (C=O) groups is 1. The number of carbonyl (C=O) groups excluding carboxylic acids is 1. The Morgan fingerprint density at radius 1 is 0.909 bits per heavy atom. The highest BCUT2D eigenvalue weighted by atomic mass is 16.1. The molecule has 0 heterocycles. The zero-order chi connectivity index (χ0) is 16.3. The first-order valence-corrected chi connectivity index (χ1v) is 7.95. The lowest BCUT2D eigenvalue weighted by atomic mass is 9.76. The van der Waals surface area contributed by atoms with Crippen LogP contribution in [-0.2, 0) is 11.2 Å². The molecule has 1 atom stereocenters. The van der Waals surface area contributed by atoms with Crippen LogP contribution in [0.15, 0.2) is 48.5 Å². The first-order chi connectivity index (χ1) is 10.3. The molecule has 0 fully saturated rings. The van der Waals surface area contributed by atoms with Crippen LogP contribution in [0.3, 0.4) is 0 Å². The summed E-state index contributed by atoms with van der Waals surface area (Å²) in [5.41, 5.74) is 4.52. The Bertz CT molecular complexity index is 662. The zero-order valence-corrected chi connectivity index (χ0v) is 14.3. The van der Waals surface area contributed by atoms with Crippen molar-refractivity contribution in [1.29, 1.82) is 0 Å². The first kappa shape index (κ1) is 16.5. The number of hydrogen-bond donors (Lipinski definition) is 0. The second-order valence-electron chi connectivity index (χ2n) is 7.15. The first-order valence-electron chi connectivity index (χ1n) is 7.95. The van der Waals surface area contributed by atoms with Crippen molar-refractivity contribution in [3.8, 4) is 0 Å². The molecule has 2 rings (SSSR count). The van der Waals surface area contributed by atoms with Crippen molar-refractivity contribution in [2.75, 3.05) is 0 Å². The van der Waals surface area contributed by atoms with Crippen molar-refractivity contribution < 1.29 is 4.79 Å². The van der Waals surface area contributed by atoms with Gasteiger partial charge in [0.25, 0.3) is 0 Å². The van der Waals surface area contributed by atoms with Gasteiger partial charge in [0.05, 0.1) is 0 Å². The van der Waals surface area contributed by atoms with Gasteiger partial charge >= 0.3 is 0 Å². The van der Waals surface area contributed by atoms with E-state index in [1.807, 2.05) is 39.0 Å². The molecule has 0 aliphatic carbocycles. The number of rotatable bonds is 4. The summed E-state index contributed by atoms with van der Waals surface area (Å²) in [6.07, 6.45) is 0.771. The monoisotopic (exact) mass is 294 g/mol. The minimum atomic E-state index is -0.338. The van der Waals surface area contributed by atoms with E-state index in [9.17, 15) is 4.79 Å². The van der Waals surface area contributed by atoms with Crippen molar-refractivity contribution in [3.05, 3.63) is 70.8 Å². The van der Waals surface area contributed by atoms with Gasteiger partial charge in [-0.3, -0.25) is 4.79 Å². The molecular formula is C21H26O. The van der Waals surface area contributed by atoms with Crippen molar-refractivity contribution in [2.45, 2.75) is 47.0 Å². The fraction of sp³-hybridized carbons (Fsp3) is 0.381. The average Bonchev–Trinajstić information content (AvgIpc) is 2.46. The van der Waals surface area contributed by atoms with Crippen LogP contribution in [0.1, 0.15) is 48.9 Å². The molecule has 0 aliphatic rings. The third-order valence-electron chi connectivity index (χ3n) is 4.30. The smallest absolute Gasteiger partial charge is 0.145 e. The van der Waals surface area contributed by atoms with Crippen LogP contribution in [0.25, 0.3) is 0 Å². The van der Waals surface area contributed by atoms with E-state index in [4.69, 9.17) is 0 Å². The summed E-state index contributed by atoms with van der Waals surface area (Å²) in [4.78, 5) is 13.0. The van der Waals surface area contributed by atoms with Gasteiger partial charge in [-0.15, -0.1) is 0 Å². The highest BCUT2D eigenvalue weighted by molar-refractivity contribution is 5.90. The normalized spacial score (nSPS) is 13.0. The lowest BCUT2D eigenvalue weighted by Gasteiger charge is -2.26. The Labute approximate surface area is 134 Å². The van der Waals surface area contributed by atoms with Crippen LogP contribution in [0.5, 0.6) is 0 Å². The lowest BCUT2D eigenvalue weighted by molar-refractivity contribution is -0.127. The maximum Gasteiger partial charge on any atom is 0.145 e. The molecule has 116 valence electrons. The molecule has 0 aliphatic heterocycles. The number of aryl methyl sites for hydroxylation is 2. The van der Waals surface area contributed by atoms with Crippen LogP contribution in [0.4, 0.5) is 0 Å². The summed E-state index contributed by atoms with van der Waals surface area (Å²) in [5, 5.41) is 0. The summed E-state index contributed by atoms with van der Waals surface area (Å²) < 4.78 is 0. The van der Waals surface area contributed by atoms with E-state index in [0.29, 0.717) is 5.78 Å². The highest BCUT2D eigenvalue weighted by Crippen LogP contribution is 2.32. The van der Waals surface area contributed by atoms with E-state index < -0.39 is 0 Å². The summed E-state index contributed by atoms with van der Waals surface area (Å²) in [6, 6.07) is 16.6. The van der Waals surface area contributed by atoms with Gasteiger partial charge in [-0.1, -0.05) is 69.3 Å². The van der Waals surface area contributed by atoms with E-state index in [2.05, 4.69) is 44.2 Å². The number of benzene rings is 2. The Morgan fingerprint density at radius 2 is 1.45 bits per heavy atom. The van der Waals surface area contributed by atoms with Gasteiger partial charge in [0.15, 0.2) is 0 Å². The maximum atomic E-state index is 13.0. The van der Waals surface area contributed by atoms with Gasteiger partial charge in [-0.05, 0) is 42.5 Å². The summed E-state index contributed by atoms with van der Waals surface area (Å²) in [6.45, 7) is 10.2. The van der Waals surface area contributed by atoms with Crippen molar-refractivity contribution in [1.82, 2.24) is 0 Å². The Morgan fingerprint density at radius 3 is 2.00 bits per heavy atom. The molecule has 0 spiro atoms. The molecule has 0 bridgehead atoms. The van der Waals surface area contributed by atoms with Crippen LogP contribution in [0, 0.1) is 19.3 Å². The highest BCUT2D eigenvalue weighted by Gasteiger charge is 2.31. The molecule has 0 aromatic heterocycles. The summed E-state index contributed by atoms with van der Waals surface area (Å²) in [7, 11) is 0. The Kier molecular flexibility index (Phi) is 4.85. The SMILES string of the molecule is Cc1ccccc1CC(C(=O)C(C)(C)C)c1ccccc1C. The average molecular weight is 294 g/mol. The van der Waals surface area contributed by atoms with Crippen LogP contribution < -0.4 is 0 Å². The van der Waals surface area contributed by atoms with E-state index in [1.165, 1.54) is 16.7 Å². The molecule has 2 aromatic carbocycles. The number of hydrogen-bond acceptors (Lipinski definition) is 1. The Balaban J connectivity index is 2.45. The predicted molar refractivity (Wildman–Crippen MR) is 93.3 cm³/mol. The minimum absolute atomic E-state index is 0.0812. The lowest BCUT2D eigenvalue weighted by Crippen LogP contribution is -2.29. The molecular weight excluding hydrogens is 268 g/mol. The molecule has 0 radical (unpaired) electrons. The fourth-order valence-electron chi connectivity index (χ4n) is 2.90. The topological polar surface area (TPSA) is 17.1 Å². The molecule has 0 saturated carbocycles. The second kappa shape index (κ2) is 6.48. The second-order valence-corrected chi connectivity index (χ2v) is 7.15. The van der Waals surface area contributed by atoms with Crippen molar-refractivity contribution in [2.24, 2.45) is 5.41 Å². The van der Waals surface area contributed by atoms with Crippen LogP contribution in [0.2, 0.25) is 0 Å². The molecule has 1 unspecified atom stereocenters. The van der Waals surface area contributed by atoms with Crippen molar-refractivity contribution >= 4 is 5.78 Å². The summed E-state index contributed by atoms with van der Waals surface area (Å²) >= 11 is 0. The molecule has 22 heavy (non-hydrogen) atoms. The third kappa shape index (κ3) is 3.65. The molecule has 1 nitrogen and oxygen atoms in total. The van der Waals surface area contributed by atoms with Gasteiger partial charge in [-0.25, -0.2) is 0 Å². The van der Waals surface area contributed by atoms with Crippen molar-refractivity contribution in [3.63, 3.8) is 0 Å². The van der Waals surface area contributed by atoms with E-state index in [0.717, 1.165) is 12.0 Å². The van der Waals surface area contributed by atoms with E-state index >= 15 is 0 Å². The van der Waals surface area contributed by atoms with E-state index in [-0.39, 0.29) is 11.3 Å². The third-order valence-corrected chi connectivity index (χ3v) is 4.30. The van der Waals surface area contributed by atoms with Crippen LogP contribution >= 0.6 is 0 Å². The standard InChI is InChI=1S/C21H26O/c1-15-10-6-8-12-17(15)14-19(20(22)21(3,4)5)18-13-9-7-11-16(18)2/h6-13,19H,14H2,1-5H3. The van der Waals surface area contributed by atoms with Gasteiger partial charge in [-0.2, -0.15) is 0 Å². The Hall–Kier alpha value is -1.89. The van der Waals surface area contributed by atoms with Gasteiger partial charge < -0.3 is 0 Å². The maximum absolute atomic E-state index is 13.0. The molecule has 1 heteroatoms. The largest absolute Gasteiger partial charge is 0.298 e. The molecule has 0 saturated heterocycles. The zero-order valence-electron chi connectivity index (χ0n) is 14.3. The van der Waals surface area contributed by atoms with Gasteiger partial charge in [0.2, 0.25) is 0 Å². The molecule has 0 N–H and O–H groups in total. The quantitative estimate of drug-likeness (QED) is 0.753. The summed E-state index contributed by atoms with van der Waals surface area (Å²) in [5.74, 6) is 0.229. The van der Waals surface area contributed by atoms with E-state index in [1.54, 1.807) is 0 Å². The molecule has 0 amide bonds. The fourth-order valence-corrected chi connectivity index (χ4v) is 2.90.